The number of nitro groups is 1. The molecule has 92 valence electrons. The van der Waals surface area contributed by atoms with Crippen LogP contribution in [0.2, 0.25) is 0 Å². The maximum absolute atomic E-state index is 10.9. The van der Waals surface area contributed by atoms with Gasteiger partial charge in [0.05, 0.1) is 4.92 Å². The average molecular weight is 310 g/mol. The molecular weight excluding hydrogens is 302 g/mol. The Hall–Kier alpha value is -2.15. The molecule has 1 aromatic carbocycles. The molecule has 0 saturated carbocycles. The van der Waals surface area contributed by atoms with Crippen LogP contribution in [-0.4, -0.2) is 9.91 Å². The van der Waals surface area contributed by atoms with Crippen molar-refractivity contribution in [3.05, 3.63) is 51.1 Å². The summed E-state index contributed by atoms with van der Waals surface area (Å²) in [6, 6.07) is 7.61. The van der Waals surface area contributed by atoms with Crippen LogP contribution >= 0.6 is 15.9 Å². The minimum absolute atomic E-state index is 0.125. The fourth-order valence-corrected chi connectivity index (χ4v) is 1.69. The van der Waals surface area contributed by atoms with E-state index in [2.05, 4.69) is 20.9 Å². The SMILES string of the molecule is Nc1cc(Oc2ccc(Br)cc2[N+](=O)[O-])ccn1. The Morgan fingerprint density at radius 1 is 1.33 bits per heavy atom. The number of nitrogen functional groups attached to an aromatic ring is 1. The van der Waals surface area contributed by atoms with Gasteiger partial charge in [0.15, 0.2) is 0 Å². The number of rotatable bonds is 3. The normalized spacial score (nSPS) is 10.1. The monoisotopic (exact) mass is 309 g/mol. The molecule has 18 heavy (non-hydrogen) atoms. The molecule has 0 aliphatic rings. The van der Waals surface area contributed by atoms with Crippen molar-refractivity contribution in [3.8, 4) is 11.5 Å². The van der Waals surface area contributed by atoms with E-state index in [1.165, 1.54) is 24.4 Å². The predicted octanol–water partition coefficient (Wildman–Crippen LogP) is 3.13. The molecule has 0 atom stereocenters. The van der Waals surface area contributed by atoms with Crippen LogP contribution in [0.15, 0.2) is 41.0 Å². The van der Waals surface area contributed by atoms with E-state index in [9.17, 15) is 10.1 Å². The van der Waals surface area contributed by atoms with Gasteiger partial charge in [0.25, 0.3) is 0 Å². The van der Waals surface area contributed by atoms with Gasteiger partial charge in [0.1, 0.15) is 11.6 Å². The standard InChI is InChI=1S/C11H8BrN3O3/c12-7-1-2-10(9(5-7)15(16)17)18-8-3-4-14-11(13)6-8/h1-6H,(H2,13,14). The van der Waals surface area contributed by atoms with E-state index in [4.69, 9.17) is 10.5 Å². The number of hydrogen-bond acceptors (Lipinski definition) is 5. The van der Waals surface area contributed by atoms with Gasteiger partial charge in [-0.05, 0) is 18.2 Å². The van der Waals surface area contributed by atoms with E-state index in [0.717, 1.165) is 0 Å². The number of pyridine rings is 1. The third kappa shape index (κ3) is 2.75. The molecule has 0 aliphatic heterocycles. The third-order valence-corrected chi connectivity index (χ3v) is 2.59. The zero-order valence-electron chi connectivity index (χ0n) is 9.04. The minimum Gasteiger partial charge on any atom is -0.450 e. The van der Waals surface area contributed by atoms with Crippen molar-refractivity contribution in [3.63, 3.8) is 0 Å². The zero-order chi connectivity index (χ0) is 13.1. The summed E-state index contributed by atoms with van der Waals surface area (Å²) >= 11 is 3.17. The van der Waals surface area contributed by atoms with Crippen LogP contribution in [0.1, 0.15) is 0 Å². The van der Waals surface area contributed by atoms with Gasteiger partial charge in [-0.2, -0.15) is 0 Å². The van der Waals surface area contributed by atoms with Crippen molar-refractivity contribution in [2.45, 2.75) is 0 Å². The minimum atomic E-state index is -0.509. The summed E-state index contributed by atoms with van der Waals surface area (Å²) in [5, 5.41) is 10.9. The highest BCUT2D eigenvalue weighted by molar-refractivity contribution is 9.10. The first kappa shape index (κ1) is 12.3. The van der Waals surface area contributed by atoms with Gasteiger partial charge >= 0.3 is 5.69 Å². The smallest absolute Gasteiger partial charge is 0.312 e. The molecule has 0 bridgehead atoms. The van der Waals surface area contributed by atoms with E-state index in [1.807, 2.05) is 0 Å². The molecule has 1 aromatic heterocycles. The van der Waals surface area contributed by atoms with E-state index in [1.54, 1.807) is 12.1 Å². The number of aromatic nitrogens is 1. The largest absolute Gasteiger partial charge is 0.450 e. The fraction of sp³-hybridized carbons (Fsp3) is 0. The molecule has 0 fully saturated rings. The summed E-state index contributed by atoms with van der Waals surface area (Å²) in [6.07, 6.45) is 1.47. The summed E-state index contributed by atoms with van der Waals surface area (Å²) in [6.45, 7) is 0. The Morgan fingerprint density at radius 3 is 2.78 bits per heavy atom. The first-order valence-electron chi connectivity index (χ1n) is 4.89. The molecule has 0 unspecified atom stereocenters. The number of anilines is 1. The van der Waals surface area contributed by atoms with Crippen molar-refractivity contribution in [2.24, 2.45) is 0 Å². The lowest BCUT2D eigenvalue weighted by atomic mass is 10.3. The summed E-state index contributed by atoms with van der Waals surface area (Å²) in [4.78, 5) is 14.2. The second-order valence-electron chi connectivity index (χ2n) is 3.39. The molecule has 7 heteroatoms. The average Bonchev–Trinajstić information content (AvgIpc) is 2.31. The molecule has 2 aromatic rings. The molecule has 1 heterocycles. The van der Waals surface area contributed by atoms with Crippen LogP contribution < -0.4 is 10.5 Å². The number of halogens is 1. The number of nitro benzene ring substituents is 1. The summed E-state index contributed by atoms with van der Waals surface area (Å²) in [5.41, 5.74) is 5.38. The van der Waals surface area contributed by atoms with E-state index in [0.29, 0.717) is 10.2 Å². The van der Waals surface area contributed by atoms with Crippen molar-refractivity contribution < 1.29 is 9.66 Å². The van der Waals surface area contributed by atoms with Gasteiger partial charge in [-0.1, -0.05) is 15.9 Å². The molecule has 2 rings (SSSR count). The van der Waals surface area contributed by atoms with E-state index in [-0.39, 0.29) is 17.3 Å². The molecule has 6 nitrogen and oxygen atoms in total. The molecule has 0 aliphatic carbocycles. The molecular formula is C11H8BrN3O3. The van der Waals surface area contributed by atoms with Gasteiger partial charge in [0.2, 0.25) is 5.75 Å². The number of nitrogens with zero attached hydrogens (tertiary/aromatic N) is 2. The van der Waals surface area contributed by atoms with Gasteiger partial charge in [-0.25, -0.2) is 4.98 Å². The van der Waals surface area contributed by atoms with E-state index < -0.39 is 4.92 Å². The highest BCUT2D eigenvalue weighted by Crippen LogP contribution is 2.33. The summed E-state index contributed by atoms with van der Waals surface area (Å²) in [7, 11) is 0. The first-order valence-corrected chi connectivity index (χ1v) is 5.69. The highest BCUT2D eigenvalue weighted by Gasteiger charge is 2.16. The molecule has 0 radical (unpaired) electrons. The summed E-state index contributed by atoms with van der Waals surface area (Å²) in [5.74, 6) is 0.828. The van der Waals surface area contributed by atoms with Crippen LogP contribution in [0.4, 0.5) is 11.5 Å². The van der Waals surface area contributed by atoms with Gasteiger partial charge in [0, 0.05) is 22.8 Å². The van der Waals surface area contributed by atoms with Crippen molar-refractivity contribution in [1.82, 2.24) is 4.98 Å². The molecule has 0 spiro atoms. The lowest BCUT2D eigenvalue weighted by Gasteiger charge is -2.06. The second kappa shape index (κ2) is 5.01. The number of hydrogen-bond donors (Lipinski definition) is 1. The molecule has 2 N–H and O–H groups in total. The number of nitrogens with two attached hydrogens (primary N) is 1. The topological polar surface area (TPSA) is 91.3 Å². The Bertz CT molecular complexity index is 604. The number of ether oxygens (including phenoxy) is 1. The number of benzene rings is 1. The molecule has 0 saturated heterocycles. The van der Waals surface area contributed by atoms with E-state index >= 15 is 0 Å². The Kier molecular flexibility index (Phi) is 3.42. The van der Waals surface area contributed by atoms with Crippen LogP contribution in [-0.2, 0) is 0 Å². The lowest BCUT2D eigenvalue weighted by Crippen LogP contribution is -1.95. The lowest BCUT2D eigenvalue weighted by molar-refractivity contribution is -0.385. The van der Waals surface area contributed by atoms with Crippen molar-refractivity contribution in [1.29, 1.82) is 0 Å². The Balaban J connectivity index is 2.37. The Labute approximate surface area is 111 Å². The van der Waals surface area contributed by atoms with Crippen LogP contribution in [0.25, 0.3) is 0 Å². The first-order chi connectivity index (χ1) is 8.56. The van der Waals surface area contributed by atoms with Crippen LogP contribution in [0.5, 0.6) is 11.5 Å². The molecule has 0 amide bonds. The quantitative estimate of drug-likeness (QED) is 0.694. The maximum atomic E-state index is 10.9. The fourth-order valence-electron chi connectivity index (χ4n) is 1.34. The predicted molar refractivity (Wildman–Crippen MR) is 69.5 cm³/mol. The zero-order valence-corrected chi connectivity index (χ0v) is 10.6. The van der Waals surface area contributed by atoms with Crippen molar-refractivity contribution in [2.75, 3.05) is 5.73 Å². The Morgan fingerprint density at radius 2 is 2.11 bits per heavy atom. The second-order valence-corrected chi connectivity index (χ2v) is 4.30. The van der Waals surface area contributed by atoms with Crippen LogP contribution in [0, 0.1) is 10.1 Å². The summed E-state index contributed by atoms with van der Waals surface area (Å²) < 4.78 is 6.03. The third-order valence-electron chi connectivity index (χ3n) is 2.10. The van der Waals surface area contributed by atoms with Gasteiger partial charge in [-0.15, -0.1) is 0 Å². The van der Waals surface area contributed by atoms with Crippen molar-refractivity contribution >= 4 is 27.4 Å². The van der Waals surface area contributed by atoms with Gasteiger partial charge < -0.3 is 10.5 Å². The highest BCUT2D eigenvalue weighted by atomic mass is 79.9. The maximum Gasteiger partial charge on any atom is 0.312 e. The van der Waals surface area contributed by atoms with Gasteiger partial charge in [-0.3, -0.25) is 10.1 Å². The van der Waals surface area contributed by atoms with Crippen LogP contribution in [0.3, 0.4) is 0 Å².